The lowest BCUT2D eigenvalue weighted by molar-refractivity contribution is 0.102. The van der Waals surface area contributed by atoms with Gasteiger partial charge in [0.05, 0.1) is 24.1 Å². The van der Waals surface area contributed by atoms with E-state index in [0.29, 0.717) is 22.9 Å². The Bertz CT molecular complexity index is 920. The number of hydrogen-bond acceptors (Lipinski definition) is 4. The average Bonchev–Trinajstić information content (AvgIpc) is 2.96. The van der Waals surface area contributed by atoms with Crippen molar-refractivity contribution in [2.24, 2.45) is 0 Å². The van der Waals surface area contributed by atoms with Gasteiger partial charge in [-0.3, -0.25) is 4.79 Å². The van der Waals surface area contributed by atoms with Crippen LogP contribution < -0.4 is 10.1 Å². The van der Waals surface area contributed by atoms with E-state index < -0.39 is 5.91 Å². The van der Waals surface area contributed by atoms with Gasteiger partial charge < -0.3 is 15.2 Å². The molecule has 128 valence electrons. The zero-order valence-electron chi connectivity index (χ0n) is 13.7. The lowest BCUT2D eigenvalue weighted by Crippen LogP contribution is -2.15. The first-order chi connectivity index (χ1) is 12.0. The van der Waals surface area contributed by atoms with Gasteiger partial charge in [-0.05, 0) is 49.4 Å². The quantitative estimate of drug-likeness (QED) is 0.763. The number of benzene rings is 2. The van der Waals surface area contributed by atoms with Gasteiger partial charge in [-0.15, -0.1) is 0 Å². The molecule has 1 heterocycles. The molecule has 0 saturated carbocycles. The van der Waals surface area contributed by atoms with Crippen molar-refractivity contribution >= 4 is 11.7 Å². The van der Waals surface area contributed by atoms with Gasteiger partial charge >= 0.3 is 0 Å². The Labute approximate surface area is 143 Å². The van der Waals surface area contributed by atoms with Crippen LogP contribution in [0.4, 0.5) is 10.2 Å². The molecule has 2 aromatic carbocycles. The summed E-state index contributed by atoms with van der Waals surface area (Å²) in [5.74, 6) is -0.190. The van der Waals surface area contributed by atoms with Crippen LogP contribution in [0.25, 0.3) is 5.69 Å². The third kappa shape index (κ3) is 3.45. The number of anilines is 1. The van der Waals surface area contributed by atoms with E-state index in [1.807, 2.05) is 0 Å². The Balaban J connectivity index is 1.93. The summed E-state index contributed by atoms with van der Waals surface area (Å²) in [7, 11) is 1.47. The number of methoxy groups -OCH3 is 1. The second-order valence-electron chi connectivity index (χ2n) is 5.40. The van der Waals surface area contributed by atoms with E-state index in [0.717, 1.165) is 0 Å². The van der Waals surface area contributed by atoms with Crippen LogP contribution in [0.5, 0.6) is 11.5 Å². The topological polar surface area (TPSA) is 76.4 Å². The maximum absolute atomic E-state index is 13.1. The fraction of sp³-hybridized carbons (Fsp3) is 0.111. The number of carbonyl (C=O) groups is 1. The van der Waals surface area contributed by atoms with Crippen LogP contribution in [0, 0.1) is 12.7 Å². The number of rotatable bonds is 4. The summed E-state index contributed by atoms with van der Waals surface area (Å²) in [4.78, 5) is 12.5. The first kappa shape index (κ1) is 16.5. The molecule has 1 amide bonds. The standard InChI is InChI=1S/C18H16FN3O3/c1-11-9-17(22(21-11)13-5-3-12(19)4-6-13)20-18(24)15-10-14(25-2)7-8-16(15)23/h3-10,23H,1-2H3,(H,20,24). The molecule has 0 radical (unpaired) electrons. The van der Waals surface area contributed by atoms with Crippen LogP contribution >= 0.6 is 0 Å². The molecule has 0 aliphatic heterocycles. The van der Waals surface area contributed by atoms with Gasteiger partial charge in [-0.1, -0.05) is 0 Å². The summed E-state index contributed by atoms with van der Waals surface area (Å²) in [5.41, 5.74) is 1.35. The van der Waals surface area contributed by atoms with Gasteiger partial charge in [-0.2, -0.15) is 5.10 Å². The lowest BCUT2D eigenvalue weighted by Gasteiger charge is -2.10. The predicted molar refractivity (Wildman–Crippen MR) is 90.9 cm³/mol. The second kappa shape index (κ2) is 6.64. The van der Waals surface area contributed by atoms with Crippen LogP contribution in [0.1, 0.15) is 16.1 Å². The maximum atomic E-state index is 13.1. The Morgan fingerprint density at radius 2 is 1.92 bits per heavy atom. The number of halogens is 1. The zero-order chi connectivity index (χ0) is 18.0. The van der Waals surface area contributed by atoms with Crippen LogP contribution in [-0.4, -0.2) is 27.9 Å². The minimum absolute atomic E-state index is 0.0730. The third-order valence-corrected chi connectivity index (χ3v) is 3.59. The summed E-state index contributed by atoms with van der Waals surface area (Å²) < 4.78 is 19.7. The highest BCUT2D eigenvalue weighted by molar-refractivity contribution is 6.06. The molecule has 0 saturated heterocycles. The van der Waals surface area contributed by atoms with Crippen molar-refractivity contribution in [2.45, 2.75) is 6.92 Å². The van der Waals surface area contributed by atoms with Crippen molar-refractivity contribution in [1.29, 1.82) is 0 Å². The van der Waals surface area contributed by atoms with Crippen molar-refractivity contribution < 1.29 is 19.0 Å². The fourth-order valence-corrected chi connectivity index (χ4v) is 2.38. The Morgan fingerprint density at radius 3 is 2.60 bits per heavy atom. The number of nitrogens with zero attached hydrogens (tertiary/aromatic N) is 2. The van der Waals surface area contributed by atoms with E-state index in [1.54, 1.807) is 31.2 Å². The SMILES string of the molecule is COc1ccc(O)c(C(=O)Nc2cc(C)nn2-c2ccc(F)cc2)c1. The molecule has 0 bridgehead atoms. The molecule has 0 spiro atoms. The fourth-order valence-electron chi connectivity index (χ4n) is 2.38. The number of aryl methyl sites for hydroxylation is 1. The molecule has 3 rings (SSSR count). The molecule has 0 atom stereocenters. The Morgan fingerprint density at radius 1 is 1.20 bits per heavy atom. The number of phenolic OH excluding ortho intramolecular Hbond substituents is 1. The van der Waals surface area contributed by atoms with Gasteiger partial charge in [0.15, 0.2) is 0 Å². The number of ether oxygens (including phenoxy) is 1. The van der Waals surface area contributed by atoms with E-state index in [-0.39, 0.29) is 17.1 Å². The van der Waals surface area contributed by atoms with E-state index in [4.69, 9.17) is 4.74 Å². The highest BCUT2D eigenvalue weighted by atomic mass is 19.1. The maximum Gasteiger partial charge on any atom is 0.260 e. The van der Waals surface area contributed by atoms with Gasteiger partial charge in [0, 0.05) is 6.07 Å². The number of hydrogen-bond donors (Lipinski definition) is 2. The van der Waals surface area contributed by atoms with Crippen molar-refractivity contribution in [3.63, 3.8) is 0 Å². The highest BCUT2D eigenvalue weighted by Gasteiger charge is 2.16. The molecular weight excluding hydrogens is 325 g/mol. The summed E-state index contributed by atoms with van der Waals surface area (Å²) in [5, 5.41) is 16.9. The number of nitrogens with one attached hydrogen (secondary N) is 1. The molecule has 0 fully saturated rings. The third-order valence-electron chi connectivity index (χ3n) is 3.59. The number of phenols is 1. The van der Waals surface area contributed by atoms with E-state index in [2.05, 4.69) is 10.4 Å². The molecule has 3 aromatic rings. The monoisotopic (exact) mass is 341 g/mol. The Hall–Kier alpha value is -3.35. The van der Waals surface area contributed by atoms with E-state index >= 15 is 0 Å². The molecule has 2 N–H and O–H groups in total. The van der Waals surface area contributed by atoms with Crippen LogP contribution in [0.2, 0.25) is 0 Å². The predicted octanol–water partition coefficient (Wildman–Crippen LogP) is 3.29. The summed E-state index contributed by atoms with van der Waals surface area (Å²) in [6.45, 7) is 1.78. The van der Waals surface area contributed by atoms with Crippen LogP contribution in [0.15, 0.2) is 48.5 Å². The highest BCUT2D eigenvalue weighted by Crippen LogP contribution is 2.25. The molecule has 7 heteroatoms. The van der Waals surface area contributed by atoms with Crippen molar-refractivity contribution in [3.8, 4) is 17.2 Å². The zero-order valence-corrected chi connectivity index (χ0v) is 13.7. The smallest absolute Gasteiger partial charge is 0.260 e. The molecule has 1 aromatic heterocycles. The average molecular weight is 341 g/mol. The number of carbonyl (C=O) groups excluding carboxylic acids is 1. The molecule has 25 heavy (non-hydrogen) atoms. The Kier molecular flexibility index (Phi) is 4.38. The number of aromatic nitrogens is 2. The van der Waals surface area contributed by atoms with E-state index in [1.165, 1.54) is 36.1 Å². The summed E-state index contributed by atoms with van der Waals surface area (Å²) in [6, 6.07) is 11.8. The van der Waals surface area contributed by atoms with Gasteiger partial charge in [0.2, 0.25) is 0 Å². The van der Waals surface area contributed by atoms with Crippen molar-refractivity contribution in [2.75, 3.05) is 12.4 Å². The first-order valence-electron chi connectivity index (χ1n) is 7.49. The number of amides is 1. The molecular formula is C18H16FN3O3. The first-order valence-corrected chi connectivity index (χ1v) is 7.49. The van der Waals surface area contributed by atoms with Crippen LogP contribution in [0.3, 0.4) is 0 Å². The number of aromatic hydroxyl groups is 1. The van der Waals surface area contributed by atoms with E-state index in [9.17, 15) is 14.3 Å². The van der Waals surface area contributed by atoms with Crippen molar-refractivity contribution in [1.82, 2.24) is 9.78 Å². The van der Waals surface area contributed by atoms with Gasteiger partial charge in [-0.25, -0.2) is 9.07 Å². The normalized spacial score (nSPS) is 10.5. The second-order valence-corrected chi connectivity index (χ2v) is 5.40. The molecule has 0 unspecified atom stereocenters. The largest absolute Gasteiger partial charge is 0.507 e. The summed E-state index contributed by atoms with van der Waals surface area (Å²) >= 11 is 0. The van der Waals surface area contributed by atoms with Crippen molar-refractivity contribution in [3.05, 3.63) is 65.6 Å². The molecule has 6 nitrogen and oxygen atoms in total. The van der Waals surface area contributed by atoms with Gasteiger partial charge in [0.25, 0.3) is 5.91 Å². The van der Waals surface area contributed by atoms with Crippen LogP contribution in [-0.2, 0) is 0 Å². The lowest BCUT2D eigenvalue weighted by atomic mass is 10.1. The minimum Gasteiger partial charge on any atom is -0.507 e. The molecule has 0 aliphatic rings. The minimum atomic E-state index is -0.514. The molecule has 0 aliphatic carbocycles. The summed E-state index contributed by atoms with van der Waals surface area (Å²) in [6.07, 6.45) is 0. The van der Waals surface area contributed by atoms with Gasteiger partial charge in [0.1, 0.15) is 23.1 Å².